The van der Waals surface area contributed by atoms with Crippen LogP contribution in [0.15, 0.2) is 17.1 Å². The minimum absolute atomic E-state index is 0.107. The Balaban J connectivity index is 2.65. The molecule has 0 aromatic carbocycles. The predicted octanol–water partition coefficient (Wildman–Crippen LogP) is 1.53. The van der Waals surface area contributed by atoms with E-state index >= 15 is 0 Å². The quantitative estimate of drug-likeness (QED) is 0.789. The van der Waals surface area contributed by atoms with Crippen molar-refractivity contribution >= 4 is 5.97 Å². The Morgan fingerprint density at radius 3 is 2.43 bits per heavy atom. The van der Waals surface area contributed by atoms with Gasteiger partial charge in [-0.2, -0.15) is 18.3 Å². The summed E-state index contributed by atoms with van der Waals surface area (Å²) in [5.74, 6) is -0.772. The fourth-order valence-corrected chi connectivity index (χ4v) is 1.30. The van der Waals surface area contributed by atoms with Gasteiger partial charge in [-0.05, 0) is 20.8 Å². The molecule has 0 bridgehead atoms. The molecule has 1 heterocycles. The van der Waals surface area contributed by atoms with Crippen LogP contribution in [0.2, 0.25) is 0 Å². The van der Waals surface area contributed by atoms with E-state index in [1.54, 1.807) is 20.8 Å². The first-order chi connectivity index (χ1) is 9.46. The number of aromatic nitrogens is 2. The van der Waals surface area contributed by atoms with Crippen LogP contribution >= 0.6 is 0 Å². The Kier molecular flexibility index (Phi) is 4.97. The number of nitrogens with zero attached hydrogens (tertiary/aromatic N) is 2. The fourth-order valence-electron chi connectivity index (χ4n) is 1.30. The molecule has 0 amide bonds. The number of carbonyl (C=O) groups is 1. The van der Waals surface area contributed by atoms with E-state index < -0.39 is 36.5 Å². The second kappa shape index (κ2) is 6.15. The van der Waals surface area contributed by atoms with E-state index in [0.717, 1.165) is 12.3 Å². The molecule has 0 atom stereocenters. The van der Waals surface area contributed by atoms with Crippen molar-refractivity contribution in [2.24, 2.45) is 0 Å². The summed E-state index contributed by atoms with van der Waals surface area (Å²) >= 11 is 0. The topological polar surface area (TPSA) is 70.4 Å². The van der Waals surface area contributed by atoms with Crippen LogP contribution < -0.4 is 10.3 Å². The summed E-state index contributed by atoms with van der Waals surface area (Å²) < 4.78 is 46.6. The van der Waals surface area contributed by atoms with Crippen molar-refractivity contribution in [2.75, 3.05) is 6.61 Å². The van der Waals surface area contributed by atoms with E-state index in [0.29, 0.717) is 0 Å². The number of esters is 1. The Morgan fingerprint density at radius 2 is 1.95 bits per heavy atom. The maximum atomic E-state index is 12.1. The second-order valence-corrected chi connectivity index (χ2v) is 5.18. The first-order valence-corrected chi connectivity index (χ1v) is 5.95. The van der Waals surface area contributed by atoms with Crippen molar-refractivity contribution in [1.29, 1.82) is 0 Å². The van der Waals surface area contributed by atoms with Gasteiger partial charge in [0.05, 0.1) is 6.20 Å². The molecule has 0 radical (unpaired) electrons. The molecule has 9 heteroatoms. The molecule has 0 unspecified atom stereocenters. The van der Waals surface area contributed by atoms with Crippen LogP contribution in [0.1, 0.15) is 20.8 Å². The van der Waals surface area contributed by atoms with Crippen molar-refractivity contribution in [3.05, 3.63) is 22.6 Å². The maximum absolute atomic E-state index is 12.1. The van der Waals surface area contributed by atoms with Crippen molar-refractivity contribution in [3.8, 4) is 5.75 Å². The van der Waals surface area contributed by atoms with Gasteiger partial charge in [-0.3, -0.25) is 4.79 Å². The first kappa shape index (κ1) is 17.0. The number of hydrogen-bond donors (Lipinski definition) is 0. The van der Waals surface area contributed by atoms with Crippen LogP contribution in [0.5, 0.6) is 5.75 Å². The molecule has 0 aliphatic carbocycles. The van der Waals surface area contributed by atoms with E-state index in [1.807, 2.05) is 0 Å². The van der Waals surface area contributed by atoms with E-state index in [1.165, 1.54) is 0 Å². The van der Waals surface area contributed by atoms with Crippen LogP contribution in [0.4, 0.5) is 13.2 Å². The van der Waals surface area contributed by atoms with Gasteiger partial charge in [-0.1, -0.05) is 0 Å². The van der Waals surface area contributed by atoms with E-state index in [2.05, 4.69) is 5.10 Å². The van der Waals surface area contributed by atoms with Crippen molar-refractivity contribution in [1.82, 2.24) is 9.78 Å². The molecular formula is C12H15F3N2O4. The highest BCUT2D eigenvalue weighted by molar-refractivity contribution is 5.71. The minimum atomic E-state index is -4.55. The summed E-state index contributed by atoms with van der Waals surface area (Å²) in [7, 11) is 0. The average molecular weight is 308 g/mol. The summed E-state index contributed by atoms with van der Waals surface area (Å²) in [5, 5.41) is 3.32. The number of halogens is 3. The average Bonchev–Trinajstić information content (AvgIpc) is 2.26. The van der Waals surface area contributed by atoms with Gasteiger partial charge in [-0.25, -0.2) is 9.48 Å². The molecule has 0 fully saturated rings. The fraction of sp³-hybridized carbons (Fsp3) is 0.583. The van der Waals surface area contributed by atoms with Crippen molar-refractivity contribution in [2.45, 2.75) is 39.1 Å². The first-order valence-electron chi connectivity index (χ1n) is 5.95. The van der Waals surface area contributed by atoms with Crippen molar-refractivity contribution in [3.63, 3.8) is 0 Å². The maximum Gasteiger partial charge on any atom is 0.408 e. The van der Waals surface area contributed by atoms with Crippen LogP contribution in [-0.2, 0) is 16.1 Å². The predicted molar refractivity (Wildman–Crippen MR) is 65.9 cm³/mol. The van der Waals surface area contributed by atoms with E-state index in [4.69, 9.17) is 9.47 Å². The molecule has 0 saturated carbocycles. The zero-order valence-corrected chi connectivity index (χ0v) is 11.7. The van der Waals surface area contributed by atoms with Gasteiger partial charge in [0, 0.05) is 6.07 Å². The molecule has 0 spiro atoms. The van der Waals surface area contributed by atoms with Gasteiger partial charge in [0.25, 0.3) is 5.56 Å². The number of hydrogen-bond acceptors (Lipinski definition) is 5. The number of carbonyl (C=O) groups excluding carboxylic acids is 1. The summed E-state index contributed by atoms with van der Waals surface area (Å²) in [6.07, 6.45) is -3.62. The Bertz CT molecular complexity index is 561. The summed E-state index contributed by atoms with van der Waals surface area (Å²) in [6, 6.07) is 0.823. The lowest BCUT2D eigenvalue weighted by Gasteiger charge is -2.19. The zero-order chi connectivity index (χ0) is 16.3. The molecule has 118 valence electrons. The molecule has 0 saturated heterocycles. The zero-order valence-electron chi connectivity index (χ0n) is 11.7. The highest BCUT2D eigenvalue weighted by Gasteiger charge is 2.29. The third-order valence-corrected chi connectivity index (χ3v) is 1.95. The van der Waals surface area contributed by atoms with Crippen LogP contribution in [-0.4, -0.2) is 34.1 Å². The Labute approximate surface area is 118 Å². The molecule has 21 heavy (non-hydrogen) atoms. The molecule has 6 nitrogen and oxygen atoms in total. The van der Waals surface area contributed by atoms with Crippen LogP contribution in [0.3, 0.4) is 0 Å². The van der Waals surface area contributed by atoms with Gasteiger partial charge in [-0.15, -0.1) is 0 Å². The monoisotopic (exact) mass is 308 g/mol. The smallest absolute Gasteiger partial charge is 0.408 e. The van der Waals surface area contributed by atoms with Gasteiger partial charge >= 0.3 is 12.1 Å². The highest BCUT2D eigenvalue weighted by atomic mass is 19.4. The van der Waals surface area contributed by atoms with E-state index in [-0.39, 0.29) is 10.4 Å². The SMILES string of the molecule is CC(C)(C)OC(=O)COc1cnn(CC(F)(F)F)c(=O)c1. The third kappa shape index (κ3) is 6.77. The normalized spacial score (nSPS) is 12.1. The lowest BCUT2D eigenvalue weighted by atomic mass is 10.2. The van der Waals surface area contributed by atoms with Gasteiger partial charge in [0.1, 0.15) is 17.9 Å². The van der Waals surface area contributed by atoms with Gasteiger partial charge in [0.15, 0.2) is 6.61 Å². The summed E-state index contributed by atoms with van der Waals surface area (Å²) in [5.41, 5.74) is -1.66. The third-order valence-electron chi connectivity index (χ3n) is 1.95. The molecule has 1 aromatic rings. The molecule has 1 aromatic heterocycles. The Morgan fingerprint density at radius 1 is 1.33 bits per heavy atom. The highest BCUT2D eigenvalue weighted by Crippen LogP contribution is 2.16. The lowest BCUT2D eigenvalue weighted by Crippen LogP contribution is -2.30. The minimum Gasteiger partial charge on any atom is -0.480 e. The number of ether oxygens (including phenoxy) is 2. The van der Waals surface area contributed by atoms with Gasteiger partial charge in [0.2, 0.25) is 0 Å². The van der Waals surface area contributed by atoms with E-state index in [9.17, 15) is 22.8 Å². The van der Waals surface area contributed by atoms with Crippen LogP contribution in [0, 0.1) is 0 Å². The number of rotatable bonds is 4. The molecule has 0 aliphatic rings. The molecule has 0 N–H and O–H groups in total. The standard InChI is InChI=1S/C12H15F3N2O4/c1-11(2,3)21-10(19)6-20-8-4-9(18)17(16-5-8)7-12(13,14)15/h4-5H,6-7H2,1-3H3. The van der Waals surface area contributed by atoms with Gasteiger partial charge < -0.3 is 9.47 Å². The van der Waals surface area contributed by atoms with Crippen LogP contribution in [0.25, 0.3) is 0 Å². The molecule has 0 aliphatic heterocycles. The van der Waals surface area contributed by atoms with Crippen molar-refractivity contribution < 1.29 is 27.4 Å². The molecule has 1 rings (SSSR count). The number of alkyl halides is 3. The molecular weight excluding hydrogens is 293 g/mol. The second-order valence-electron chi connectivity index (χ2n) is 5.18. The Hall–Kier alpha value is -2.06. The summed E-state index contributed by atoms with van der Waals surface area (Å²) in [6.45, 7) is 3.06. The largest absolute Gasteiger partial charge is 0.480 e. The summed E-state index contributed by atoms with van der Waals surface area (Å²) in [4.78, 5) is 22.8. The lowest BCUT2D eigenvalue weighted by molar-refractivity contribution is -0.157.